The molecule has 0 saturated carbocycles. The molecule has 2 aliphatic heterocycles. The summed E-state index contributed by atoms with van der Waals surface area (Å²) in [7, 11) is 1.32. The largest absolute Gasteiger partial charge is 0.465 e. The number of carbonyl (C=O) groups excluding carboxylic acids is 3. The van der Waals surface area contributed by atoms with Crippen molar-refractivity contribution in [2.45, 2.75) is 31.5 Å². The lowest BCUT2D eigenvalue weighted by Crippen LogP contribution is -2.47. The van der Waals surface area contributed by atoms with Crippen LogP contribution in [0.4, 0.5) is 26.2 Å². The van der Waals surface area contributed by atoms with Gasteiger partial charge >= 0.3 is 17.7 Å². The smallest absolute Gasteiger partial charge is 0.414 e. The van der Waals surface area contributed by atoms with Gasteiger partial charge in [0, 0.05) is 25.7 Å². The first kappa shape index (κ1) is 25.8. The van der Waals surface area contributed by atoms with E-state index < -0.39 is 29.6 Å². The van der Waals surface area contributed by atoms with Crippen molar-refractivity contribution in [2.75, 3.05) is 48.4 Å². The van der Waals surface area contributed by atoms with Gasteiger partial charge in [0.25, 0.3) is 0 Å². The molecule has 4 rings (SSSR count). The summed E-state index contributed by atoms with van der Waals surface area (Å²) in [4.78, 5) is 42.1. The Morgan fingerprint density at radius 2 is 1.92 bits per heavy atom. The zero-order valence-electron chi connectivity index (χ0n) is 20.6. The molecular formula is C26H28FN5O5. The van der Waals surface area contributed by atoms with E-state index in [4.69, 9.17) is 16.0 Å². The molecule has 2 amide bonds. The van der Waals surface area contributed by atoms with Crippen LogP contribution in [-0.2, 0) is 14.3 Å². The fourth-order valence-corrected chi connectivity index (χ4v) is 4.47. The van der Waals surface area contributed by atoms with Gasteiger partial charge in [0.05, 0.1) is 50.0 Å². The van der Waals surface area contributed by atoms with Gasteiger partial charge in [-0.2, -0.15) is 0 Å². The van der Waals surface area contributed by atoms with E-state index in [2.05, 4.69) is 15.5 Å². The number of carbonyl (C=O) groups is 3. The number of piperidine rings is 1. The van der Waals surface area contributed by atoms with Crippen LogP contribution >= 0.6 is 0 Å². The molecule has 10 nitrogen and oxygen atoms in total. The molecule has 2 aromatic carbocycles. The Balaban J connectivity index is 1.39. The third-order valence-electron chi connectivity index (χ3n) is 6.52. The molecule has 0 aliphatic carbocycles. The van der Waals surface area contributed by atoms with Crippen LogP contribution in [0, 0.1) is 12.4 Å². The fourth-order valence-electron chi connectivity index (χ4n) is 4.47. The fraction of sp³-hybridized carbons (Fsp3) is 0.385. The number of cyclic esters (lactones) is 1. The zero-order valence-corrected chi connectivity index (χ0v) is 20.6. The van der Waals surface area contributed by atoms with Gasteiger partial charge in [0.15, 0.2) is 0 Å². The Kier molecular flexibility index (Phi) is 7.47. The van der Waals surface area contributed by atoms with E-state index in [0.717, 1.165) is 0 Å². The van der Waals surface area contributed by atoms with E-state index in [-0.39, 0.29) is 19.0 Å². The average Bonchev–Trinajstić information content (AvgIpc) is 3.28. The van der Waals surface area contributed by atoms with Gasteiger partial charge in [-0.25, -0.2) is 20.6 Å². The van der Waals surface area contributed by atoms with E-state index in [0.29, 0.717) is 48.6 Å². The lowest BCUT2D eigenvalue weighted by Gasteiger charge is -2.36. The quantitative estimate of drug-likeness (QED) is 0.436. The van der Waals surface area contributed by atoms with Crippen molar-refractivity contribution < 1.29 is 28.2 Å². The molecule has 37 heavy (non-hydrogen) atoms. The topological polar surface area (TPSA) is 105 Å². The van der Waals surface area contributed by atoms with Crippen molar-refractivity contribution >= 4 is 35.0 Å². The van der Waals surface area contributed by atoms with Gasteiger partial charge in [-0.3, -0.25) is 14.5 Å². The second-order valence-corrected chi connectivity index (χ2v) is 9.01. The Labute approximate surface area is 214 Å². The molecule has 2 aliphatic rings. The van der Waals surface area contributed by atoms with Gasteiger partial charge in [0.1, 0.15) is 11.9 Å². The van der Waals surface area contributed by atoms with Gasteiger partial charge in [-0.05, 0) is 42.5 Å². The maximum absolute atomic E-state index is 15.1. The number of hydrogen-bond acceptors (Lipinski definition) is 7. The Hall–Kier alpha value is -4.33. The van der Waals surface area contributed by atoms with Crippen LogP contribution in [0.25, 0.3) is 4.85 Å². The molecule has 2 aromatic rings. The van der Waals surface area contributed by atoms with Crippen molar-refractivity contribution in [2.24, 2.45) is 0 Å². The van der Waals surface area contributed by atoms with Crippen molar-refractivity contribution in [3.8, 4) is 0 Å². The highest BCUT2D eigenvalue weighted by Crippen LogP contribution is 2.34. The third kappa shape index (κ3) is 5.74. The second-order valence-electron chi connectivity index (χ2n) is 9.01. The first-order valence-corrected chi connectivity index (χ1v) is 11.9. The number of ether oxygens (including phenoxy) is 2. The van der Waals surface area contributed by atoms with Crippen molar-refractivity contribution in [3.05, 3.63) is 65.3 Å². The average molecular weight is 510 g/mol. The summed E-state index contributed by atoms with van der Waals surface area (Å²) >= 11 is 0. The number of benzene rings is 2. The Morgan fingerprint density at radius 1 is 1.22 bits per heavy atom. The van der Waals surface area contributed by atoms with E-state index in [1.807, 2.05) is 4.90 Å². The summed E-state index contributed by atoms with van der Waals surface area (Å²) in [5.74, 6) is -1.13. The molecule has 2 saturated heterocycles. The number of esters is 1. The highest BCUT2D eigenvalue weighted by Gasteiger charge is 2.41. The van der Waals surface area contributed by atoms with Crippen LogP contribution in [-0.4, -0.2) is 63.0 Å². The molecule has 2 heterocycles. The highest BCUT2D eigenvalue weighted by molar-refractivity contribution is 5.90. The number of nitrogens with zero attached hydrogens (tertiary/aromatic N) is 3. The summed E-state index contributed by atoms with van der Waals surface area (Å²) in [6, 6.07) is 11.3. The zero-order chi connectivity index (χ0) is 26.6. The molecule has 0 radical (unpaired) electrons. The highest BCUT2D eigenvalue weighted by atomic mass is 19.1. The van der Waals surface area contributed by atoms with Crippen LogP contribution in [0.3, 0.4) is 0 Å². The molecule has 2 fully saturated rings. The second kappa shape index (κ2) is 10.7. The molecule has 194 valence electrons. The monoisotopic (exact) mass is 509 g/mol. The summed E-state index contributed by atoms with van der Waals surface area (Å²) in [5, 5.41) is 5.89. The molecule has 1 atom stereocenters. The minimum Gasteiger partial charge on any atom is -0.465 e. The molecule has 0 spiro atoms. The number of anilines is 3. The molecule has 0 unspecified atom stereocenters. The molecule has 0 aromatic heterocycles. The van der Waals surface area contributed by atoms with Crippen molar-refractivity contribution in [3.63, 3.8) is 0 Å². The Morgan fingerprint density at radius 3 is 2.51 bits per heavy atom. The number of amides is 2. The van der Waals surface area contributed by atoms with Crippen molar-refractivity contribution in [1.29, 1.82) is 0 Å². The molecular weight excluding hydrogens is 481 g/mol. The molecule has 2 N–H and O–H groups in total. The first-order valence-electron chi connectivity index (χ1n) is 11.9. The van der Waals surface area contributed by atoms with Crippen LogP contribution in [0.15, 0.2) is 42.5 Å². The van der Waals surface area contributed by atoms with Crippen molar-refractivity contribution in [1.82, 2.24) is 5.32 Å². The lowest BCUT2D eigenvalue weighted by atomic mass is 9.96. The van der Waals surface area contributed by atoms with Crippen LogP contribution < -0.4 is 20.4 Å². The predicted molar refractivity (Wildman–Crippen MR) is 135 cm³/mol. The van der Waals surface area contributed by atoms with Gasteiger partial charge in [0.2, 0.25) is 5.91 Å². The number of methoxy groups -OCH3 is 1. The number of halogens is 1. The predicted octanol–water partition coefficient (Wildman–Crippen LogP) is 3.40. The van der Waals surface area contributed by atoms with E-state index in [9.17, 15) is 14.4 Å². The third-order valence-corrected chi connectivity index (χ3v) is 6.52. The van der Waals surface area contributed by atoms with E-state index in [1.165, 1.54) is 25.0 Å². The minimum atomic E-state index is -0.845. The van der Waals surface area contributed by atoms with Gasteiger partial charge < -0.3 is 25.0 Å². The summed E-state index contributed by atoms with van der Waals surface area (Å²) in [6.45, 7) is 10.5. The van der Waals surface area contributed by atoms with Crippen LogP contribution in [0.2, 0.25) is 0 Å². The Bertz CT molecular complexity index is 1220. The normalized spacial score (nSPS) is 18.5. The summed E-state index contributed by atoms with van der Waals surface area (Å²) in [6.07, 6.45) is -0.181. The first-order chi connectivity index (χ1) is 17.7. The maximum Gasteiger partial charge on any atom is 0.414 e. The summed E-state index contributed by atoms with van der Waals surface area (Å²) in [5.41, 5.74) is 1.06. The molecule has 11 heteroatoms. The van der Waals surface area contributed by atoms with E-state index in [1.54, 1.807) is 36.4 Å². The number of nitrogens with one attached hydrogen (secondary N) is 2. The summed E-state index contributed by atoms with van der Waals surface area (Å²) < 4.78 is 25.1. The maximum atomic E-state index is 15.1. The van der Waals surface area contributed by atoms with Crippen LogP contribution in [0.5, 0.6) is 0 Å². The SMILES string of the molecule is [C-]#[N+]C1(Nc2ccc(C(=O)OC)cc2)CCN(c2ccc(N3C[C@H](CNC(C)=O)OC3=O)cc2F)CC1. The standard InChI is InChI=1S/C26H28FN5O5/c1-17(33)29-15-21-16-32(25(35)37-21)20-8-9-23(22(27)14-20)31-12-10-26(28-2,11-13-31)30-19-6-4-18(5-7-19)24(34)36-3/h4-9,14,21,30H,10-13,15-16H2,1,3H3,(H,29,33)/t21-/m0/s1. The number of rotatable bonds is 7. The van der Waals surface area contributed by atoms with Gasteiger partial charge in [-0.15, -0.1) is 0 Å². The van der Waals surface area contributed by atoms with Crippen LogP contribution in [0.1, 0.15) is 30.1 Å². The minimum absolute atomic E-state index is 0.193. The lowest BCUT2D eigenvalue weighted by molar-refractivity contribution is -0.119. The molecule has 0 bridgehead atoms. The number of hydrogen-bond donors (Lipinski definition) is 2. The van der Waals surface area contributed by atoms with Gasteiger partial charge in [-0.1, -0.05) is 0 Å². The van der Waals surface area contributed by atoms with E-state index >= 15 is 4.39 Å².